The van der Waals surface area contributed by atoms with Gasteiger partial charge in [-0.1, -0.05) is 0 Å². The van der Waals surface area contributed by atoms with Crippen molar-refractivity contribution in [2.45, 2.75) is 12.8 Å². The van der Waals surface area contributed by atoms with Crippen molar-refractivity contribution >= 4 is 17.3 Å². The van der Waals surface area contributed by atoms with Gasteiger partial charge in [0.15, 0.2) is 0 Å². The van der Waals surface area contributed by atoms with Crippen LogP contribution >= 0.6 is 0 Å². The number of nitrogens with zero attached hydrogens (tertiary/aromatic N) is 2. The van der Waals surface area contributed by atoms with Crippen LogP contribution in [0.3, 0.4) is 0 Å². The number of nitrogens with one attached hydrogen (secondary N) is 2. The van der Waals surface area contributed by atoms with Gasteiger partial charge in [-0.05, 0) is 45.6 Å². The van der Waals surface area contributed by atoms with Crippen LogP contribution < -0.4 is 10.6 Å². The first-order valence-electron chi connectivity index (χ1n) is 6.85. The maximum Gasteiger partial charge on any atom is 0.282 e. The number of nitro benzene ring substituents is 1. The summed E-state index contributed by atoms with van der Waals surface area (Å²) in [4.78, 5) is 24.6. The minimum Gasteiger partial charge on any atom is -0.388 e. The number of unbranched alkanes of at least 4 members (excludes halogenated alkanes) is 1. The molecule has 1 aromatic rings. The molecule has 2 N–H and O–H groups in total. The summed E-state index contributed by atoms with van der Waals surface area (Å²) in [6.07, 6.45) is 1.80. The lowest BCUT2D eigenvalue weighted by molar-refractivity contribution is -0.385. The molecule has 1 rings (SSSR count). The van der Waals surface area contributed by atoms with E-state index in [9.17, 15) is 14.9 Å². The lowest BCUT2D eigenvalue weighted by Gasteiger charge is -2.10. The van der Waals surface area contributed by atoms with Crippen molar-refractivity contribution < 1.29 is 9.72 Å². The van der Waals surface area contributed by atoms with E-state index in [1.165, 1.54) is 12.1 Å². The largest absolute Gasteiger partial charge is 0.388 e. The molecule has 0 radical (unpaired) electrons. The lowest BCUT2D eigenvalue weighted by Crippen LogP contribution is -2.26. The zero-order valence-electron chi connectivity index (χ0n) is 12.7. The molecule has 21 heavy (non-hydrogen) atoms. The Bertz CT molecular complexity index is 503. The first-order valence-corrected chi connectivity index (χ1v) is 6.85. The highest BCUT2D eigenvalue weighted by Gasteiger charge is 2.20. The van der Waals surface area contributed by atoms with Gasteiger partial charge in [0.25, 0.3) is 11.6 Å². The Morgan fingerprint density at radius 1 is 1.33 bits per heavy atom. The molecule has 0 saturated heterocycles. The highest BCUT2D eigenvalue weighted by molar-refractivity contribution is 5.99. The third-order valence-corrected chi connectivity index (χ3v) is 3.04. The standard InChI is InChI=1S/C14H22N4O3/c1-15-11-6-7-13(18(20)21)12(10-11)14(19)16-8-4-5-9-17(2)3/h6-7,10,15H,4-5,8-9H2,1-3H3,(H,16,19). The molecule has 0 unspecified atom stereocenters. The Morgan fingerprint density at radius 2 is 2.05 bits per heavy atom. The van der Waals surface area contributed by atoms with E-state index in [4.69, 9.17) is 0 Å². The number of carbonyl (C=O) groups excluding carboxylic acids is 1. The molecular weight excluding hydrogens is 272 g/mol. The summed E-state index contributed by atoms with van der Waals surface area (Å²) in [5.41, 5.74) is 0.567. The topological polar surface area (TPSA) is 87.5 Å². The summed E-state index contributed by atoms with van der Waals surface area (Å²) in [6, 6.07) is 4.41. The van der Waals surface area contributed by atoms with Crippen LogP contribution in [0.25, 0.3) is 0 Å². The van der Waals surface area contributed by atoms with Crippen molar-refractivity contribution in [3.63, 3.8) is 0 Å². The Labute approximate surface area is 124 Å². The number of hydrogen-bond donors (Lipinski definition) is 2. The fourth-order valence-corrected chi connectivity index (χ4v) is 1.88. The quantitative estimate of drug-likeness (QED) is 0.433. The van der Waals surface area contributed by atoms with Gasteiger partial charge in [-0.15, -0.1) is 0 Å². The predicted molar refractivity (Wildman–Crippen MR) is 82.8 cm³/mol. The van der Waals surface area contributed by atoms with Gasteiger partial charge in [0, 0.05) is 25.3 Å². The van der Waals surface area contributed by atoms with Gasteiger partial charge in [0.05, 0.1) is 4.92 Å². The molecule has 0 saturated carbocycles. The number of carbonyl (C=O) groups is 1. The van der Waals surface area contributed by atoms with Crippen LogP contribution in [0.1, 0.15) is 23.2 Å². The third-order valence-electron chi connectivity index (χ3n) is 3.04. The molecule has 7 nitrogen and oxygen atoms in total. The highest BCUT2D eigenvalue weighted by atomic mass is 16.6. The summed E-state index contributed by atoms with van der Waals surface area (Å²) in [7, 11) is 5.68. The van der Waals surface area contributed by atoms with E-state index in [2.05, 4.69) is 15.5 Å². The maximum atomic E-state index is 12.1. The Balaban J connectivity index is 2.65. The normalized spacial score (nSPS) is 10.5. The van der Waals surface area contributed by atoms with Crippen molar-refractivity contribution in [3.05, 3.63) is 33.9 Å². The van der Waals surface area contributed by atoms with Gasteiger partial charge < -0.3 is 15.5 Å². The van der Waals surface area contributed by atoms with Crippen LogP contribution in [0.2, 0.25) is 0 Å². The molecule has 7 heteroatoms. The van der Waals surface area contributed by atoms with Gasteiger partial charge in [-0.3, -0.25) is 14.9 Å². The lowest BCUT2D eigenvalue weighted by atomic mass is 10.1. The van der Waals surface area contributed by atoms with Crippen LogP contribution in [-0.4, -0.2) is 50.0 Å². The molecule has 0 heterocycles. The summed E-state index contributed by atoms with van der Waals surface area (Å²) >= 11 is 0. The van der Waals surface area contributed by atoms with Gasteiger partial charge in [0.1, 0.15) is 5.56 Å². The van der Waals surface area contributed by atoms with E-state index in [-0.39, 0.29) is 11.3 Å². The van der Waals surface area contributed by atoms with Crippen molar-refractivity contribution in [3.8, 4) is 0 Å². The molecule has 0 aliphatic heterocycles. The third kappa shape index (κ3) is 5.39. The Morgan fingerprint density at radius 3 is 2.62 bits per heavy atom. The van der Waals surface area contributed by atoms with Crippen molar-refractivity contribution in [1.82, 2.24) is 10.2 Å². The molecule has 116 valence electrons. The molecule has 0 bridgehead atoms. The first kappa shape index (κ1) is 16.9. The number of anilines is 1. The summed E-state index contributed by atoms with van der Waals surface area (Å²) in [5, 5.41) is 16.6. The molecule has 0 aromatic heterocycles. The minimum atomic E-state index is -0.541. The Hall–Kier alpha value is -2.15. The SMILES string of the molecule is CNc1ccc([N+](=O)[O-])c(C(=O)NCCCCN(C)C)c1. The maximum absolute atomic E-state index is 12.1. The van der Waals surface area contributed by atoms with Gasteiger partial charge in [-0.25, -0.2) is 0 Å². The van der Waals surface area contributed by atoms with E-state index in [0.29, 0.717) is 12.2 Å². The molecule has 0 aliphatic carbocycles. The molecular formula is C14H22N4O3. The van der Waals surface area contributed by atoms with Crippen molar-refractivity contribution in [1.29, 1.82) is 0 Å². The fraction of sp³-hybridized carbons (Fsp3) is 0.500. The second-order valence-electron chi connectivity index (χ2n) is 5.01. The molecule has 1 amide bonds. The van der Waals surface area contributed by atoms with Crippen LogP contribution in [-0.2, 0) is 0 Å². The van der Waals surface area contributed by atoms with E-state index < -0.39 is 10.8 Å². The number of nitro groups is 1. The highest BCUT2D eigenvalue weighted by Crippen LogP contribution is 2.22. The van der Waals surface area contributed by atoms with Crippen LogP contribution in [0.5, 0.6) is 0 Å². The van der Waals surface area contributed by atoms with Gasteiger partial charge in [0.2, 0.25) is 0 Å². The number of hydrogen-bond acceptors (Lipinski definition) is 5. The first-order chi connectivity index (χ1) is 9.95. The summed E-state index contributed by atoms with van der Waals surface area (Å²) in [6.45, 7) is 1.46. The van der Waals surface area contributed by atoms with E-state index in [1.54, 1.807) is 13.1 Å². The zero-order chi connectivity index (χ0) is 15.8. The summed E-state index contributed by atoms with van der Waals surface area (Å²) in [5.74, 6) is -0.413. The average molecular weight is 294 g/mol. The molecule has 0 fully saturated rings. The molecule has 1 aromatic carbocycles. The number of benzene rings is 1. The van der Waals surface area contributed by atoms with E-state index >= 15 is 0 Å². The number of rotatable bonds is 8. The fourth-order valence-electron chi connectivity index (χ4n) is 1.88. The Kier molecular flexibility index (Phi) is 6.61. The van der Waals surface area contributed by atoms with Crippen LogP contribution in [0, 0.1) is 10.1 Å². The van der Waals surface area contributed by atoms with Crippen molar-refractivity contribution in [2.24, 2.45) is 0 Å². The molecule has 0 aliphatic rings. The average Bonchev–Trinajstić information content (AvgIpc) is 2.45. The van der Waals surface area contributed by atoms with Crippen LogP contribution in [0.4, 0.5) is 11.4 Å². The number of amides is 1. The van der Waals surface area contributed by atoms with E-state index in [1.807, 2.05) is 14.1 Å². The summed E-state index contributed by atoms with van der Waals surface area (Å²) < 4.78 is 0. The zero-order valence-corrected chi connectivity index (χ0v) is 12.7. The molecule has 0 spiro atoms. The van der Waals surface area contributed by atoms with E-state index in [0.717, 1.165) is 19.4 Å². The monoisotopic (exact) mass is 294 g/mol. The van der Waals surface area contributed by atoms with Crippen molar-refractivity contribution in [2.75, 3.05) is 39.5 Å². The second kappa shape index (κ2) is 8.21. The van der Waals surface area contributed by atoms with Gasteiger partial charge >= 0.3 is 0 Å². The molecule has 0 atom stereocenters. The second-order valence-corrected chi connectivity index (χ2v) is 5.01. The minimum absolute atomic E-state index is 0.0828. The van der Waals surface area contributed by atoms with Gasteiger partial charge in [-0.2, -0.15) is 0 Å². The smallest absolute Gasteiger partial charge is 0.282 e. The predicted octanol–water partition coefficient (Wildman–Crippen LogP) is 1.71. The van der Waals surface area contributed by atoms with Crippen LogP contribution in [0.15, 0.2) is 18.2 Å².